The van der Waals surface area contributed by atoms with Crippen LogP contribution in [0.4, 0.5) is 0 Å². The highest BCUT2D eigenvalue weighted by molar-refractivity contribution is 14.1. The van der Waals surface area contributed by atoms with E-state index in [2.05, 4.69) is 77.0 Å². The van der Waals surface area contributed by atoms with Gasteiger partial charge in [-0.15, -0.1) is 0 Å². The molecule has 0 aromatic rings. The lowest BCUT2D eigenvalue weighted by Gasteiger charge is -1.87. The zero-order chi connectivity index (χ0) is 5.86. The predicted molar refractivity (Wildman–Crippen MR) is 57.8 cm³/mol. The van der Waals surface area contributed by atoms with Gasteiger partial charge in [-0.3, -0.25) is 0 Å². The minimum Gasteiger partial charge on any atom is -0.0871 e. The number of rotatable bonds is 1. The van der Waals surface area contributed by atoms with Gasteiger partial charge in [0, 0.05) is 8.91 Å². The van der Waals surface area contributed by atoms with E-state index in [1.807, 2.05) is 0 Å². The van der Waals surface area contributed by atoms with Gasteiger partial charge in [-0.25, -0.2) is 0 Å². The number of alkyl halides is 1. The van der Waals surface area contributed by atoms with Crippen LogP contribution in [0.2, 0.25) is 0 Å². The summed E-state index contributed by atoms with van der Waals surface area (Å²) < 4.78 is 2.49. The van der Waals surface area contributed by atoms with Crippen LogP contribution in [0, 0.1) is 0 Å². The monoisotopic (exact) mass is 450 g/mol. The second kappa shape index (κ2) is 4.99. The summed E-state index contributed by atoms with van der Waals surface area (Å²) in [6.07, 6.45) is 0. The van der Waals surface area contributed by atoms with E-state index in [1.165, 1.54) is 6.07 Å². The Balaban J connectivity index is 3.72. The molecule has 0 aliphatic rings. The van der Waals surface area contributed by atoms with Gasteiger partial charge in [0.15, 0.2) is 0 Å². The van der Waals surface area contributed by atoms with E-state index < -0.39 is 0 Å². The van der Waals surface area contributed by atoms with Gasteiger partial charge in [0.05, 0.1) is 2.49 Å². The SMILES string of the molecule is BrC/C(I)=C(\Br)I. The molecule has 0 rings (SSSR count). The van der Waals surface area contributed by atoms with Crippen LogP contribution in [0.15, 0.2) is 6.07 Å². The average Bonchev–Trinajstić information content (AvgIpc) is 1.65. The summed E-state index contributed by atoms with van der Waals surface area (Å²) in [7, 11) is 0. The van der Waals surface area contributed by atoms with Crippen molar-refractivity contribution >= 4 is 77.0 Å². The minimum atomic E-state index is 0.942. The summed E-state index contributed by atoms with van der Waals surface area (Å²) in [4.78, 5) is 0. The molecule has 0 aromatic heterocycles. The summed E-state index contributed by atoms with van der Waals surface area (Å²) in [6.45, 7) is 0. The highest BCUT2D eigenvalue weighted by Crippen LogP contribution is 2.25. The molecule has 0 spiro atoms. The number of halogens is 4. The van der Waals surface area contributed by atoms with Gasteiger partial charge in [0.2, 0.25) is 0 Å². The van der Waals surface area contributed by atoms with Crippen LogP contribution in [-0.2, 0) is 0 Å². The molecule has 0 saturated carbocycles. The summed E-state index contributed by atoms with van der Waals surface area (Å²) in [5, 5.41) is 0.942. The Kier molecular flexibility index (Phi) is 6.52. The third kappa shape index (κ3) is 4.65. The van der Waals surface area contributed by atoms with Crippen molar-refractivity contribution in [1.29, 1.82) is 0 Å². The molecule has 0 radical (unpaired) electrons. The molecule has 0 unspecified atom stereocenters. The van der Waals surface area contributed by atoms with Crippen molar-refractivity contribution in [3.8, 4) is 0 Å². The molecule has 0 amide bonds. The number of hydrogen-bond acceptors (Lipinski definition) is 0. The van der Waals surface area contributed by atoms with E-state index in [9.17, 15) is 0 Å². The zero-order valence-corrected chi connectivity index (χ0v) is 10.7. The average molecular weight is 452 g/mol. The second-order valence-electron chi connectivity index (χ2n) is 0.799. The van der Waals surface area contributed by atoms with Gasteiger partial charge in [-0.05, 0) is 61.1 Å². The Labute approximate surface area is 87.0 Å². The van der Waals surface area contributed by atoms with Gasteiger partial charge in [0.1, 0.15) is 0 Å². The van der Waals surface area contributed by atoms with E-state index in [-0.39, 0.29) is 0 Å². The van der Waals surface area contributed by atoms with Crippen LogP contribution in [0.5, 0.6) is 0 Å². The van der Waals surface area contributed by atoms with Crippen molar-refractivity contribution in [3.05, 3.63) is 6.07 Å². The maximum Gasteiger partial charge on any atom is 0.0660 e. The largest absolute Gasteiger partial charge is 0.0871 e. The maximum absolute atomic E-state index is 3.33. The quantitative estimate of drug-likeness (QED) is 0.420. The van der Waals surface area contributed by atoms with Crippen molar-refractivity contribution in [1.82, 2.24) is 0 Å². The molecule has 0 aliphatic heterocycles. The van der Waals surface area contributed by atoms with Gasteiger partial charge in [-0.2, -0.15) is 0 Å². The molecule has 42 valence electrons. The van der Waals surface area contributed by atoms with Crippen molar-refractivity contribution < 1.29 is 0 Å². The lowest BCUT2D eigenvalue weighted by molar-refractivity contribution is 1.82. The highest BCUT2D eigenvalue weighted by Gasteiger charge is 1.90. The number of hydrogen-bond donors (Lipinski definition) is 0. The fraction of sp³-hybridized carbons (Fsp3) is 0.333. The molecule has 0 heterocycles. The first-order chi connectivity index (χ1) is 3.18. The molecular formula is C3H2Br2I2. The topological polar surface area (TPSA) is 0 Å². The van der Waals surface area contributed by atoms with Crippen LogP contribution in [0.3, 0.4) is 0 Å². The van der Waals surface area contributed by atoms with E-state index >= 15 is 0 Å². The van der Waals surface area contributed by atoms with Crippen LogP contribution < -0.4 is 0 Å². The van der Waals surface area contributed by atoms with Crippen molar-refractivity contribution in [2.45, 2.75) is 0 Å². The molecule has 0 aromatic carbocycles. The predicted octanol–water partition coefficient (Wildman–Crippen LogP) is 3.82. The second-order valence-corrected chi connectivity index (χ2v) is 6.02. The maximum atomic E-state index is 3.33. The zero-order valence-electron chi connectivity index (χ0n) is 3.22. The lowest BCUT2D eigenvalue weighted by Crippen LogP contribution is -1.66. The molecule has 0 saturated heterocycles. The van der Waals surface area contributed by atoms with E-state index in [0.717, 1.165) is 5.33 Å². The Bertz CT molecular complexity index is 84.9. The van der Waals surface area contributed by atoms with E-state index in [1.54, 1.807) is 0 Å². The van der Waals surface area contributed by atoms with E-state index in [0.29, 0.717) is 0 Å². The fourth-order valence-corrected chi connectivity index (χ4v) is 1.56. The van der Waals surface area contributed by atoms with Crippen LogP contribution in [-0.4, -0.2) is 5.33 Å². The minimum absolute atomic E-state index is 0.942. The highest BCUT2D eigenvalue weighted by atomic mass is 127. The molecule has 0 bridgehead atoms. The molecule has 0 nitrogen and oxygen atoms in total. The Morgan fingerprint density at radius 1 is 1.43 bits per heavy atom. The van der Waals surface area contributed by atoms with Gasteiger partial charge < -0.3 is 0 Å². The molecule has 4 heteroatoms. The van der Waals surface area contributed by atoms with E-state index in [4.69, 9.17) is 0 Å². The normalized spacial score (nSPS) is 13.7. The Morgan fingerprint density at radius 3 is 1.86 bits per heavy atom. The molecule has 0 aliphatic carbocycles. The molecule has 7 heavy (non-hydrogen) atoms. The van der Waals surface area contributed by atoms with Crippen LogP contribution >= 0.6 is 77.0 Å². The third-order valence-electron chi connectivity index (χ3n) is 0.322. The van der Waals surface area contributed by atoms with Crippen LogP contribution in [0.25, 0.3) is 0 Å². The summed E-state index contributed by atoms with van der Waals surface area (Å²) in [6, 6.07) is 0. The van der Waals surface area contributed by atoms with Gasteiger partial charge in [-0.1, -0.05) is 15.9 Å². The Morgan fingerprint density at radius 2 is 1.86 bits per heavy atom. The Hall–Kier alpha value is 2.16. The number of allylic oxidation sites excluding steroid dienone is 1. The first-order valence-corrected chi connectivity index (χ1v) is 5.51. The summed E-state index contributed by atoms with van der Waals surface area (Å²) >= 11 is 11.1. The van der Waals surface area contributed by atoms with Gasteiger partial charge in [0.25, 0.3) is 0 Å². The smallest absolute Gasteiger partial charge is 0.0660 e. The van der Waals surface area contributed by atoms with Gasteiger partial charge >= 0.3 is 0 Å². The summed E-state index contributed by atoms with van der Waals surface area (Å²) in [5.41, 5.74) is 0. The summed E-state index contributed by atoms with van der Waals surface area (Å²) in [5.74, 6) is 0. The first kappa shape index (κ1) is 9.16. The standard InChI is InChI=1S/C3H2Br2I2/c4-1-2(6)3(5)7/h1H2/b3-2-. The lowest BCUT2D eigenvalue weighted by atomic mass is 10.8. The molecule has 0 N–H and O–H groups in total. The van der Waals surface area contributed by atoms with Crippen LogP contribution in [0.1, 0.15) is 0 Å². The molecular weight excluding hydrogens is 450 g/mol. The molecule has 0 atom stereocenters. The third-order valence-corrected chi connectivity index (χ3v) is 5.76. The van der Waals surface area contributed by atoms with Crippen molar-refractivity contribution in [2.75, 3.05) is 5.33 Å². The van der Waals surface area contributed by atoms with Crippen molar-refractivity contribution in [3.63, 3.8) is 0 Å². The first-order valence-electron chi connectivity index (χ1n) is 1.44. The van der Waals surface area contributed by atoms with Crippen molar-refractivity contribution in [2.24, 2.45) is 0 Å². The molecule has 0 fully saturated rings. The fourth-order valence-electron chi connectivity index (χ4n) is 0.0505.